The molecule has 0 atom stereocenters. The number of quaternary nitrogens is 4. The molecule has 0 aromatic heterocycles. The molecule has 0 aromatic carbocycles. The van der Waals surface area contributed by atoms with Gasteiger partial charge >= 0.3 is 0 Å². The van der Waals surface area contributed by atoms with Gasteiger partial charge in [0.15, 0.2) is 0 Å². The fourth-order valence-electron chi connectivity index (χ4n) is 0.540. The first-order valence-electron chi connectivity index (χ1n) is 2.26. The lowest BCUT2D eigenvalue weighted by atomic mass is 14.0. The Bertz CT molecular complexity index is 331. The average molecular weight is 489 g/mol. The Hall–Kier alpha value is 3.76. The van der Waals surface area contributed by atoms with Crippen LogP contribution in [-0.2, 0) is 96.2 Å². The van der Waals surface area contributed by atoms with E-state index in [1.54, 1.807) is 0 Å². The van der Waals surface area contributed by atoms with Crippen LogP contribution in [0.15, 0.2) is 0 Å². The molecule has 1 aliphatic heterocycles. The first-order chi connectivity index (χ1) is 5.00. The van der Waals surface area contributed by atoms with Gasteiger partial charge in [-0.2, -0.15) is 0 Å². The number of hydrogen-bond acceptors (Lipinski definition) is 8. The van der Waals surface area contributed by atoms with E-state index in [0.717, 1.165) is 0 Å². The molecule has 0 spiro atoms. The molecule has 120 valence electrons. The van der Waals surface area contributed by atoms with Gasteiger partial charge in [-0.3, -0.25) is 0 Å². The van der Waals surface area contributed by atoms with Crippen molar-refractivity contribution in [1.29, 1.82) is 0 Å². The Balaban J connectivity index is -0.0000000600. The summed E-state index contributed by atoms with van der Waals surface area (Å²) in [6, 6.07) is 0. The van der Waals surface area contributed by atoms with Crippen LogP contribution in [0.25, 0.3) is 0 Å². The van der Waals surface area contributed by atoms with Crippen molar-refractivity contribution < 1.29 is 11.0 Å². The zero-order chi connectivity index (χ0) is 10.0. The third-order valence-electron chi connectivity index (χ3n) is 1.28. The van der Waals surface area contributed by atoms with Crippen molar-refractivity contribution in [2.45, 2.75) is 0 Å². The molecule has 1 saturated heterocycles. The van der Waals surface area contributed by atoms with E-state index in [2.05, 4.69) is 0 Å². The van der Waals surface area contributed by atoms with E-state index in [9.17, 15) is 0 Å². The molecule has 0 radical (unpaired) electrons. The summed E-state index contributed by atoms with van der Waals surface area (Å²) >= 11 is 41.6. The second-order valence-corrected chi connectivity index (χ2v) is 53.0. The summed E-state index contributed by atoms with van der Waals surface area (Å²) in [5.74, 6) is 0. The van der Waals surface area contributed by atoms with Gasteiger partial charge in [-0.1, -0.05) is 0 Å². The minimum atomic E-state index is -2.25. The molecule has 6 nitrogen and oxygen atoms in total. The van der Waals surface area contributed by atoms with Crippen LogP contribution < -0.4 is 24.6 Å². The molecule has 1 fully saturated rings. The van der Waals surface area contributed by atoms with Gasteiger partial charge in [0.1, 0.15) is 0 Å². The molecule has 0 aliphatic carbocycles. The molecule has 18 heavy (non-hydrogen) atoms. The molecular weight excluding hydrogens is 468 g/mol. The zero-order valence-electron chi connectivity index (χ0n) is 10.1. The van der Waals surface area contributed by atoms with Crippen molar-refractivity contribution in [2.24, 2.45) is 0 Å². The average Bonchev–Trinajstić information content (AvgIpc) is 1.84. The lowest BCUT2D eigenvalue weighted by molar-refractivity contribution is 0.823. The van der Waals surface area contributed by atoms with Crippen LogP contribution in [0.1, 0.15) is 0 Å². The molecule has 1 aliphatic rings. The summed E-state index contributed by atoms with van der Waals surface area (Å²) in [4.78, 5) is 0. The van der Waals surface area contributed by atoms with E-state index in [-0.39, 0.29) is 35.6 Å². The molecule has 0 saturated carbocycles. The van der Waals surface area contributed by atoms with Gasteiger partial charge in [0, 0.05) is 0 Å². The Labute approximate surface area is 149 Å². The van der Waals surface area contributed by atoms with Gasteiger partial charge in [0.25, 0.3) is 0 Å². The lowest BCUT2D eigenvalue weighted by Gasteiger charge is -2.81. The highest BCUT2D eigenvalue weighted by Crippen LogP contribution is 3.32. The van der Waals surface area contributed by atoms with E-state index in [4.69, 9.17) is 96.2 Å². The third-order valence-corrected chi connectivity index (χ3v) is 103. The summed E-state index contributed by atoms with van der Waals surface area (Å²) in [7, 11) is 0. The van der Waals surface area contributed by atoms with Crippen LogP contribution in [0, 0.1) is 0 Å². The second kappa shape index (κ2) is 10.5. The highest BCUT2D eigenvalue weighted by Gasteiger charge is 2.38. The maximum atomic E-state index is 5.20. The fourth-order valence-corrected chi connectivity index (χ4v) is 125. The summed E-state index contributed by atoms with van der Waals surface area (Å²) in [5.41, 5.74) is 0. The van der Waals surface area contributed by atoms with Crippen molar-refractivity contribution in [3.05, 3.63) is 0 Å². The zero-order valence-corrected chi connectivity index (χ0v) is 20.2. The molecule has 0 bridgehead atoms. The van der Waals surface area contributed by atoms with Gasteiger partial charge in [0.05, 0.1) is 0 Å². The van der Waals surface area contributed by atoms with E-state index in [1.165, 1.54) is 0 Å². The summed E-state index contributed by atoms with van der Waals surface area (Å²) < 4.78 is -9.02. The quantitative estimate of drug-likeness (QED) is 0.293. The Morgan fingerprint density at radius 3 is 0.556 bits per heavy atom. The van der Waals surface area contributed by atoms with Crippen LogP contribution in [0.2, 0.25) is 0 Å². The fraction of sp³-hybridized carbons (Fsp3) is 0. The van der Waals surface area contributed by atoms with E-state index in [1.807, 2.05) is 0 Å². The van der Waals surface area contributed by atoms with Gasteiger partial charge < -0.3 is 84.5 Å². The van der Waals surface area contributed by atoms with E-state index >= 15 is 0 Å². The predicted molar refractivity (Wildman–Crippen MR) is 118 cm³/mol. The minimum Gasteiger partial charge on any atom is -0.739 e. The number of rotatable bonds is 0. The van der Waals surface area contributed by atoms with Gasteiger partial charge in [0.2, 0.25) is 0 Å². The van der Waals surface area contributed by atoms with E-state index in [0.29, 0.717) is 0 Å². The summed E-state index contributed by atoms with van der Waals surface area (Å²) in [5, 5.41) is 0. The van der Waals surface area contributed by atoms with Gasteiger partial charge in [-0.15, -0.1) is 65.7 Å². The summed E-state index contributed by atoms with van der Waals surface area (Å²) in [6.07, 6.45) is 0. The normalized spacial score (nSPS) is 43.8. The van der Waals surface area contributed by atoms with E-state index < -0.39 is 18.5 Å². The largest absolute Gasteiger partial charge is 0.739 e. The van der Waals surface area contributed by atoms with Crippen molar-refractivity contribution in [1.82, 2.24) is 24.6 Å². The molecule has 0 amide bonds. The first kappa shape index (κ1) is 37.8. The van der Waals surface area contributed by atoms with Gasteiger partial charge in [-0.05, 0) is 0 Å². The highest BCUT2D eigenvalue weighted by atomic mass is 33.8. The van der Waals surface area contributed by atoms with Crippen molar-refractivity contribution in [3.8, 4) is 0 Å². The second-order valence-electron chi connectivity index (χ2n) is 1.96. The van der Waals surface area contributed by atoms with Crippen LogP contribution in [-0.4, -0.2) is 11.0 Å². The van der Waals surface area contributed by atoms with Crippen LogP contribution in [0.5, 0.6) is 0 Å². The lowest BCUT2D eigenvalue weighted by Crippen LogP contribution is -1.92. The Kier molecular flexibility index (Phi) is 22.1. The third kappa shape index (κ3) is 4.40. The van der Waals surface area contributed by atoms with Crippen molar-refractivity contribution in [3.63, 3.8) is 0 Å². The summed E-state index contributed by atoms with van der Waals surface area (Å²) in [6.45, 7) is 0. The number of hydrogen-bond donors (Lipinski definition) is 4. The highest BCUT2D eigenvalue weighted by molar-refractivity contribution is 9.60. The minimum absolute atomic E-state index is 0. The first-order valence-corrected chi connectivity index (χ1v) is 20.3. The molecular formula is H20N4O2P4S8. The maximum Gasteiger partial charge on any atom is -0.116 e. The smallest absolute Gasteiger partial charge is 0.116 e. The molecule has 1 rings (SSSR count). The Morgan fingerprint density at radius 2 is 0.500 bits per heavy atom. The maximum absolute atomic E-state index is 5.20. The monoisotopic (exact) mass is 488 g/mol. The molecule has 18 heteroatoms. The standard InChI is InChI=1S/4H3N.2H2O.H4P4S8/c;;;;;;5-1(6)2(7,8)4(11,12)3(1,9)10/h4*1H3;2*1H2;(H,5,6)(H,7,8)(H,9,10)(H,11,12). The van der Waals surface area contributed by atoms with Crippen LogP contribution in [0.4, 0.5) is 0 Å². The van der Waals surface area contributed by atoms with Crippen LogP contribution in [0.3, 0.4) is 0 Å². The molecule has 0 aromatic rings. The van der Waals surface area contributed by atoms with Crippen molar-refractivity contribution >= 4 is 115 Å². The topological polar surface area (TPSA) is 209 Å². The molecule has 0 unspecified atom stereocenters. The molecule has 20 N–H and O–H groups in total. The van der Waals surface area contributed by atoms with Crippen LogP contribution >= 0.6 is 18.5 Å². The Morgan fingerprint density at radius 1 is 0.444 bits per heavy atom. The van der Waals surface area contributed by atoms with Crippen molar-refractivity contribution in [2.75, 3.05) is 0 Å². The van der Waals surface area contributed by atoms with Gasteiger partial charge in [-0.25, -0.2) is 0 Å². The predicted octanol–water partition coefficient (Wildman–Crippen LogP) is 3.28. The molecule has 1 heterocycles. The SMILES string of the molecule is O.O.S=P1([S-])P(=S)([S-])P(=S)([S-])P1(=S)[S-].[NH4+].[NH4+].[NH4+].[NH4+].